The molecule has 168 valence electrons. The average molecular weight is 450 g/mol. The molecule has 0 bridgehead atoms. The molecule has 1 aromatic carbocycles. The largest absolute Gasteiger partial charge is 0.459 e. The highest BCUT2D eigenvalue weighted by atomic mass is 19.1. The fraction of sp³-hybridized carbons (Fsp3) is 0.208. The molecule has 2 N–H and O–H groups in total. The monoisotopic (exact) mass is 450 g/mol. The fourth-order valence-corrected chi connectivity index (χ4v) is 4.24. The molecule has 5 rings (SSSR count). The Morgan fingerprint density at radius 2 is 1.97 bits per heavy atom. The molecule has 1 saturated carbocycles. The van der Waals surface area contributed by atoms with Crippen molar-refractivity contribution in [2.24, 2.45) is 0 Å². The number of hydrogen-bond donors (Lipinski definition) is 2. The molecule has 3 aromatic heterocycles. The number of furan rings is 1. The minimum Gasteiger partial charge on any atom is -0.459 e. The molecule has 1 aliphatic rings. The standard InChI is InChI=1S/C24H20F2N4O3/c25-15-5-3-14(4-6-15)21-23(30(13-28-21)16-7-8-17(31)10-16)18-11-27-12-19(26)22(18)29-24(32)20-2-1-9-33-20/h1-6,9,11-13,16-17,31H,7-8,10H2,(H,27,29,32)/t16-,17+/m1/s1. The molecule has 0 unspecified atom stereocenters. The Morgan fingerprint density at radius 3 is 2.67 bits per heavy atom. The van der Waals surface area contributed by atoms with E-state index in [2.05, 4.69) is 15.3 Å². The molecule has 1 aliphatic carbocycles. The molecular weight excluding hydrogens is 430 g/mol. The molecule has 1 fully saturated rings. The molecule has 0 aliphatic heterocycles. The number of anilines is 1. The third kappa shape index (κ3) is 4.03. The maximum atomic E-state index is 15.0. The van der Waals surface area contributed by atoms with E-state index in [1.807, 2.05) is 4.57 Å². The molecular formula is C24H20F2N4O3. The number of rotatable bonds is 5. The van der Waals surface area contributed by atoms with E-state index in [0.717, 1.165) is 6.20 Å². The SMILES string of the molecule is O=C(Nc1c(F)cncc1-c1c(-c2ccc(F)cc2)ncn1[C@@H]1CC[C@H](O)C1)c1ccco1. The molecule has 4 aromatic rings. The van der Waals surface area contributed by atoms with Gasteiger partial charge in [-0.3, -0.25) is 9.78 Å². The van der Waals surface area contributed by atoms with Gasteiger partial charge < -0.3 is 19.4 Å². The van der Waals surface area contributed by atoms with E-state index in [4.69, 9.17) is 4.42 Å². The Morgan fingerprint density at radius 1 is 1.15 bits per heavy atom. The maximum absolute atomic E-state index is 15.0. The van der Waals surface area contributed by atoms with Crippen LogP contribution in [0.1, 0.15) is 35.9 Å². The van der Waals surface area contributed by atoms with Crippen molar-refractivity contribution in [3.8, 4) is 22.5 Å². The van der Waals surface area contributed by atoms with Crippen molar-refractivity contribution < 1.29 is 23.1 Å². The number of carbonyl (C=O) groups is 1. The van der Waals surface area contributed by atoms with Gasteiger partial charge >= 0.3 is 0 Å². The number of benzene rings is 1. The highest BCUT2D eigenvalue weighted by Gasteiger charge is 2.30. The smallest absolute Gasteiger partial charge is 0.291 e. The summed E-state index contributed by atoms with van der Waals surface area (Å²) >= 11 is 0. The topological polar surface area (TPSA) is 93.2 Å². The number of imidazole rings is 1. The Hall–Kier alpha value is -3.85. The second-order valence-electron chi connectivity index (χ2n) is 7.95. The van der Waals surface area contributed by atoms with Gasteiger partial charge in [0.1, 0.15) is 5.82 Å². The lowest BCUT2D eigenvalue weighted by atomic mass is 10.0. The molecule has 1 amide bonds. The van der Waals surface area contributed by atoms with Crippen LogP contribution in [0.15, 0.2) is 65.8 Å². The third-order valence-corrected chi connectivity index (χ3v) is 5.82. The second-order valence-corrected chi connectivity index (χ2v) is 7.95. The van der Waals surface area contributed by atoms with Gasteiger partial charge in [-0.15, -0.1) is 0 Å². The van der Waals surface area contributed by atoms with Crippen LogP contribution in [0.5, 0.6) is 0 Å². The lowest BCUT2D eigenvalue weighted by Crippen LogP contribution is -2.15. The van der Waals surface area contributed by atoms with Crippen molar-refractivity contribution in [1.29, 1.82) is 0 Å². The predicted molar refractivity (Wildman–Crippen MR) is 116 cm³/mol. The van der Waals surface area contributed by atoms with Gasteiger partial charge in [0.25, 0.3) is 5.91 Å². The van der Waals surface area contributed by atoms with Gasteiger partial charge in [0.05, 0.1) is 42.0 Å². The molecule has 0 saturated heterocycles. The highest BCUT2D eigenvalue weighted by molar-refractivity contribution is 6.05. The van der Waals surface area contributed by atoms with Gasteiger partial charge in [-0.1, -0.05) is 0 Å². The van der Waals surface area contributed by atoms with Crippen molar-refractivity contribution in [2.45, 2.75) is 31.4 Å². The van der Waals surface area contributed by atoms with Crippen LogP contribution in [0.2, 0.25) is 0 Å². The summed E-state index contributed by atoms with van der Waals surface area (Å²) < 4.78 is 35.5. The van der Waals surface area contributed by atoms with Crippen molar-refractivity contribution >= 4 is 11.6 Å². The Bertz CT molecular complexity index is 1290. The summed E-state index contributed by atoms with van der Waals surface area (Å²) in [5.74, 6) is -1.70. The van der Waals surface area contributed by atoms with Crippen LogP contribution < -0.4 is 5.32 Å². The Labute approximate surface area is 187 Å². The van der Waals surface area contributed by atoms with Gasteiger partial charge in [-0.2, -0.15) is 0 Å². The van der Waals surface area contributed by atoms with Crippen LogP contribution in [0.25, 0.3) is 22.5 Å². The van der Waals surface area contributed by atoms with E-state index < -0.39 is 23.6 Å². The molecule has 3 heterocycles. The zero-order chi connectivity index (χ0) is 22.9. The predicted octanol–water partition coefficient (Wildman–Crippen LogP) is 4.82. The number of aliphatic hydroxyl groups is 1. The summed E-state index contributed by atoms with van der Waals surface area (Å²) in [5.41, 5.74) is 1.86. The van der Waals surface area contributed by atoms with Crippen molar-refractivity contribution in [1.82, 2.24) is 14.5 Å². The molecule has 0 spiro atoms. The van der Waals surface area contributed by atoms with Crippen molar-refractivity contribution in [2.75, 3.05) is 5.32 Å². The number of nitrogens with one attached hydrogen (secondary N) is 1. The van der Waals surface area contributed by atoms with Crippen LogP contribution in [-0.4, -0.2) is 31.7 Å². The van der Waals surface area contributed by atoms with Gasteiger partial charge in [0.2, 0.25) is 0 Å². The summed E-state index contributed by atoms with van der Waals surface area (Å²) in [6, 6.07) is 8.77. The van der Waals surface area contributed by atoms with Gasteiger partial charge in [-0.25, -0.2) is 13.8 Å². The zero-order valence-corrected chi connectivity index (χ0v) is 17.4. The van der Waals surface area contributed by atoms with Gasteiger partial charge in [0.15, 0.2) is 11.6 Å². The summed E-state index contributed by atoms with van der Waals surface area (Å²) in [6.07, 6.45) is 6.87. The summed E-state index contributed by atoms with van der Waals surface area (Å²) in [6.45, 7) is 0. The van der Waals surface area contributed by atoms with E-state index in [0.29, 0.717) is 41.8 Å². The molecule has 7 nitrogen and oxygen atoms in total. The third-order valence-electron chi connectivity index (χ3n) is 5.82. The molecule has 2 atom stereocenters. The first-order chi connectivity index (χ1) is 16.0. The van der Waals surface area contributed by atoms with Crippen LogP contribution in [0.3, 0.4) is 0 Å². The summed E-state index contributed by atoms with van der Waals surface area (Å²) in [4.78, 5) is 21.2. The number of hydrogen-bond acceptors (Lipinski definition) is 5. The normalized spacial score (nSPS) is 17.9. The molecule has 9 heteroatoms. The average Bonchev–Trinajstić information content (AvgIpc) is 3.56. The number of carbonyl (C=O) groups excluding carboxylic acids is 1. The number of pyridine rings is 1. The van der Waals surface area contributed by atoms with Crippen LogP contribution in [0, 0.1) is 11.6 Å². The van der Waals surface area contributed by atoms with Gasteiger partial charge in [0, 0.05) is 23.4 Å². The van der Waals surface area contributed by atoms with Crippen LogP contribution in [0.4, 0.5) is 14.5 Å². The number of aromatic nitrogens is 3. The first-order valence-corrected chi connectivity index (χ1v) is 10.5. The maximum Gasteiger partial charge on any atom is 0.291 e. The Kier molecular flexibility index (Phi) is 5.47. The Balaban J connectivity index is 1.66. The number of halogens is 2. The first-order valence-electron chi connectivity index (χ1n) is 10.5. The minimum absolute atomic E-state index is 0.0309. The van der Waals surface area contributed by atoms with Crippen LogP contribution >= 0.6 is 0 Å². The lowest BCUT2D eigenvalue weighted by Gasteiger charge is -2.19. The summed E-state index contributed by atoms with van der Waals surface area (Å²) in [7, 11) is 0. The van der Waals surface area contributed by atoms with E-state index in [-0.39, 0.29) is 17.5 Å². The lowest BCUT2D eigenvalue weighted by molar-refractivity contribution is 0.0996. The fourth-order valence-electron chi connectivity index (χ4n) is 4.24. The number of aliphatic hydroxyl groups excluding tert-OH is 1. The second kappa shape index (κ2) is 8.59. The van der Waals surface area contributed by atoms with Gasteiger partial charge in [-0.05, 0) is 55.7 Å². The van der Waals surface area contributed by atoms with Crippen molar-refractivity contribution in [3.05, 3.63) is 78.8 Å². The summed E-state index contributed by atoms with van der Waals surface area (Å²) in [5, 5.41) is 12.7. The zero-order valence-electron chi connectivity index (χ0n) is 17.4. The molecule has 0 radical (unpaired) electrons. The molecule has 33 heavy (non-hydrogen) atoms. The van der Waals surface area contributed by atoms with E-state index >= 15 is 0 Å². The quantitative estimate of drug-likeness (QED) is 0.455. The highest BCUT2D eigenvalue weighted by Crippen LogP contribution is 2.41. The minimum atomic E-state index is -0.725. The first kappa shape index (κ1) is 21.0. The van der Waals surface area contributed by atoms with E-state index in [1.165, 1.54) is 30.7 Å². The van der Waals surface area contributed by atoms with E-state index in [9.17, 15) is 18.7 Å². The number of amides is 1. The van der Waals surface area contributed by atoms with E-state index in [1.54, 1.807) is 24.5 Å². The van der Waals surface area contributed by atoms with Crippen molar-refractivity contribution in [3.63, 3.8) is 0 Å². The van der Waals surface area contributed by atoms with Crippen LogP contribution in [-0.2, 0) is 0 Å². The number of nitrogens with zero attached hydrogens (tertiary/aromatic N) is 3.